The summed E-state index contributed by atoms with van der Waals surface area (Å²) in [5.41, 5.74) is 8.02. The first-order valence-corrected chi connectivity index (χ1v) is 5.01. The van der Waals surface area contributed by atoms with Crippen molar-refractivity contribution >= 4 is 5.84 Å². The molecule has 0 bridgehead atoms. The first kappa shape index (κ1) is 10.8. The summed E-state index contributed by atoms with van der Waals surface area (Å²) in [6, 6.07) is 0. The summed E-state index contributed by atoms with van der Waals surface area (Å²) in [6.45, 7) is 4.86. The number of aromatic amines is 1. The number of aromatic nitrogens is 2. The van der Waals surface area contributed by atoms with Gasteiger partial charge in [0.05, 0.1) is 12.0 Å². The SMILES string of the molecule is CCC(N)=NCCCc1cn[nH]c1C. The van der Waals surface area contributed by atoms with Crippen LogP contribution in [0.25, 0.3) is 0 Å². The van der Waals surface area contributed by atoms with Gasteiger partial charge >= 0.3 is 0 Å². The number of nitrogens with two attached hydrogens (primary N) is 1. The summed E-state index contributed by atoms with van der Waals surface area (Å²) < 4.78 is 0. The van der Waals surface area contributed by atoms with E-state index in [1.807, 2.05) is 20.0 Å². The largest absolute Gasteiger partial charge is 0.387 e. The summed E-state index contributed by atoms with van der Waals surface area (Å²) in [4.78, 5) is 4.24. The molecular weight excluding hydrogens is 176 g/mol. The molecule has 0 aliphatic rings. The molecule has 14 heavy (non-hydrogen) atoms. The van der Waals surface area contributed by atoms with E-state index in [1.165, 1.54) is 5.56 Å². The molecule has 1 aromatic rings. The van der Waals surface area contributed by atoms with E-state index in [-0.39, 0.29) is 0 Å². The fourth-order valence-electron chi connectivity index (χ4n) is 1.23. The molecule has 1 aromatic heterocycles. The molecular formula is C10H18N4. The van der Waals surface area contributed by atoms with Crippen molar-refractivity contribution < 1.29 is 0 Å². The minimum atomic E-state index is 0.744. The highest BCUT2D eigenvalue weighted by atomic mass is 15.1. The fraction of sp³-hybridized carbons (Fsp3) is 0.600. The Morgan fingerprint density at radius 1 is 1.64 bits per heavy atom. The number of rotatable bonds is 5. The molecule has 0 aromatic carbocycles. The van der Waals surface area contributed by atoms with Crippen LogP contribution in [-0.4, -0.2) is 22.6 Å². The van der Waals surface area contributed by atoms with Gasteiger partial charge in [-0.3, -0.25) is 10.1 Å². The predicted octanol–water partition coefficient (Wildman–Crippen LogP) is 1.42. The van der Waals surface area contributed by atoms with Crippen molar-refractivity contribution in [2.75, 3.05) is 6.54 Å². The molecule has 3 N–H and O–H groups in total. The number of nitrogens with zero attached hydrogens (tertiary/aromatic N) is 2. The molecule has 0 aliphatic carbocycles. The third-order valence-corrected chi connectivity index (χ3v) is 2.22. The Morgan fingerprint density at radius 3 is 3.00 bits per heavy atom. The number of hydrogen-bond donors (Lipinski definition) is 2. The summed E-state index contributed by atoms with van der Waals surface area (Å²) >= 11 is 0. The second-order valence-corrected chi connectivity index (χ2v) is 3.35. The zero-order valence-electron chi connectivity index (χ0n) is 8.88. The van der Waals surface area contributed by atoms with E-state index in [2.05, 4.69) is 15.2 Å². The van der Waals surface area contributed by atoms with E-state index in [0.29, 0.717) is 0 Å². The minimum Gasteiger partial charge on any atom is -0.387 e. The van der Waals surface area contributed by atoms with E-state index in [4.69, 9.17) is 5.73 Å². The molecule has 0 aliphatic heterocycles. The normalized spacial score (nSPS) is 12.0. The maximum Gasteiger partial charge on any atom is 0.0934 e. The quantitative estimate of drug-likeness (QED) is 0.423. The maximum absolute atomic E-state index is 5.59. The molecule has 0 fully saturated rings. The Labute approximate surface area is 84.6 Å². The standard InChI is InChI=1S/C10H18N4/c1-3-10(11)12-6-4-5-9-7-13-14-8(9)2/h7H,3-6H2,1-2H3,(H2,11,12)(H,13,14). The number of nitrogens with one attached hydrogen (secondary N) is 1. The maximum atomic E-state index is 5.59. The summed E-state index contributed by atoms with van der Waals surface area (Å²) in [5.74, 6) is 0.744. The van der Waals surface area contributed by atoms with Crippen LogP contribution >= 0.6 is 0 Å². The second-order valence-electron chi connectivity index (χ2n) is 3.35. The molecule has 0 spiro atoms. The molecule has 0 amide bonds. The smallest absolute Gasteiger partial charge is 0.0934 e. The Bertz CT molecular complexity index is 301. The zero-order chi connectivity index (χ0) is 10.4. The highest BCUT2D eigenvalue weighted by Crippen LogP contribution is 2.05. The number of aliphatic imine (C=N–C) groups is 1. The summed E-state index contributed by atoms with van der Waals surface area (Å²) in [5, 5.41) is 6.89. The van der Waals surface area contributed by atoms with Crippen LogP contribution in [0.15, 0.2) is 11.2 Å². The van der Waals surface area contributed by atoms with E-state index < -0.39 is 0 Å². The molecule has 0 atom stereocenters. The van der Waals surface area contributed by atoms with Crippen molar-refractivity contribution in [3.8, 4) is 0 Å². The van der Waals surface area contributed by atoms with Gasteiger partial charge in [-0.2, -0.15) is 5.10 Å². The van der Waals surface area contributed by atoms with Gasteiger partial charge in [0, 0.05) is 18.7 Å². The third kappa shape index (κ3) is 3.20. The molecule has 1 rings (SSSR count). The lowest BCUT2D eigenvalue weighted by atomic mass is 10.1. The molecule has 0 radical (unpaired) electrons. The predicted molar refractivity (Wildman–Crippen MR) is 58.4 cm³/mol. The molecule has 0 unspecified atom stereocenters. The van der Waals surface area contributed by atoms with E-state index in [0.717, 1.165) is 37.3 Å². The van der Waals surface area contributed by atoms with Crippen LogP contribution < -0.4 is 5.73 Å². The van der Waals surface area contributed by atoms with E-state index in [1.54, 1.807) is 0 Å². The summed E-state index contributed by atoms with van der Waals surface area (Å²) in [7, 11) is 0. The van der Waals surface area contributed by atoms with Gasteiger partial charge in [0.15, 0.2) is 0 Å². The lowest BCUT2D eigenvalue weighted by Gasteiger charge is -1.98. The van der Waals surface area contributed by atoms with Crippen LogP contribution in [0.5, 0.6) is 0 Å². The van der Waals surface area contributed by atoms with Crippen LogP contribution in [0.4, 0.5) is 0 Å². The van der Waals surface area contributed by atoms with Gasteiger partial charge in [-0.25, -0.2) is 0 Å². The highest BCUT2D eigenvalue weighted by Gasteiger charge is 1.98. The van der Waals surface area contributed by atoms with Gasteiger partial charge in [0.25, 0.3) is 0 Å². The first-order valence-electron chi connectivity index (χ1n) is 5.01. The van der Waals surface area contributed by atoms with E-state index in [9.17, 15) is 0 Å². The van der Waals surface area contributed by atoms with Gasteiger partial charge < -0.3 is 5.73 Å². The second kappa shape index (κ2) is 5.42. The van der Waals surface area contributed by atoms with Gasteiger partial charge in [0.2, 0.25) is 0 Å². The van der Waals surface area contributed by atoms with Crippen LogP contribution in [0.1, 0.15) is 31.0 Å². The van der Waals surface area contributed by atoms with Gasteiger partial charge in [-0.15, -0.1) is 0 Å². The number of hydrogen-bond acceptors (Lipinski definition) is 2. The Kier molecular flexibility index (Phi) is 4.16. The van der Waals surface area contributed by atoms with Crippen molar-refractivity contribution in [1.29, 1.82) is 0 Å². The fourth-order valence-corrected chi connectivity index (χ4v) is 1.23. The lowest BCUT2D eigenvalue weighted by molar-refractivity contribution is 0.825. The molecule has 0 saturated carbocycles. The summed E-state index contributed by atoms with van der Waals surface area (Å²) in [6.07, 6.45) is 4.76. The van der Waals surface area contributed by atoms with Crippen molar-refractivity contribution in [2.45, 2.75) is 33.1 Å². The monoisotopic (exact) mass is 194 g/mol. The molecule has 4 nitrogen and oxygen atoms in total. The molecule has 4 heteroatoms. The number of amidine groups is 1. The van der Waals surface area contributed by atoms with Gasteiger partial charge in [0.1, 0.15) is 0 Å². The van der Waals surface area contributed by atoms with E-state index >= 15 is 0 Å². The van der Waals surface area contributed by atoms with Crippen molar-refractivity contribution in [1.82, 2.24) is 10.2 Å². The number of H-pyrrole nitrogens is 1. The number of aryl methyl sites for hydroxylation is 2. The third-order valence-electron chi connectivity index (χ3n) is 2.22. The average molecular weight is 194 g/mol. The Balaban J connectivity index is 2.26. The van der Waals surface area contributed by atoms with Crippen LogP contribution in [0.3, 0.4) is 0 Å². The van der Waals surface area contributed by atoms with Crippen molar-refractivity contribution in [3.05, 3.63) is 17.5 Å². The van der Waals surface area contributed by atoms with Crippen molar-refractivity contribution in [3.63, 3.8) is 0 Å². The van der Waals surface area contributed by atoms with Crippen LogP contribution in [0, 0.1) is 6.92 Å². The Morgan fingerprint density at radius 2 is 2.43 bits per heavy atom. The van der Waals surface area contributed by atoms with Gasteiger partial charge in [-0.05, 0) is 25.3 Å². The lowest BCUT2D eigenvalue weighted by Crippen LogP contribution is -2.10. The van der Waals surface area contributed by atoms with Crippen molar-refractivity contribution in [2.24, 2.45) is 10.7 Å². The molecule has 1 heterocycles. The molecule has 0 saturated heterocycles. The topological polar surface area (TPSA) is 67.1 Å². The van der Waals surface area contributed by atoms with Crippen LogP contribution in [0.2, 0.25) is 0 Å². The minimum absolute atomic E-state index is 0.744. The zero-order valence-corrected chi connectivity index (χ0v) is 8.88. The molecule has 78 valence electrons. The average Bonchev–Trinajstić information content (AvgIpc) is 2.58. The van der Waals surface area contributed by atoms with Crippen LogP contribution in [-0.2, 0) is 6.42 Å². The highest BCUT2D eigenvalue weighted by molar-refractivity contribution is 5.79. The van der Waals surface area contributed by atoms with Gasteiger partial charge in [-0.1, -0.05) is 6.92 Å². The first-order chi connectivity index (χ1) is 6.74. The Hall–Kier alpha value is -1.32.